The number of allylic oxidation sites excluding steroid dienone is 1. The predicted octanol–water partition coefficient (Wildman–Crippen LogP) is 5.30. The summed E-state index contributed by atoms with van der Waals surface area (Å²) in [6.07, 6.45) is 1.51. The molecule has 0 amide bonds. The van der Waals surface area contributed by atoms with Crippen molar-refractivity contribution in [2.75, 3.05) is 0 Å². The van der Waals surface area contributed by atoms with Crippen LogP contribution in [-0.4, -0.2) is 5.78 Å². The van der Waals surface area contributed by atoms with Gasteiger partial charge in [-0.05, 0) is 48.0 Å². The number of hydrogen-bond acceptors (Lipinski definition) is 3. The van der Waals surface area contributed by atoms with Crippen molar-refractivity contribution in [3.8, 4) is 11.5 Å². The summed E-state index contributed by atoms with van der Waals surface area (Å²) < 4.78 is 51.4. The van der Waals surface area contributed by atoms with Crippen molar-refractivity contribution in [3.63, 3.8) is 0 Å². The van der Waals surface area contributed by atoms with Crippen LogP contribution in [0.3, 0.4) is 0 Å². The maximum Gasteiger partial charge on any atom is 0.231 e. The molecule has 0 N–H and O–H groups in total. The third kappa shape index (κ3) is 3.49. The molecule has 0 bridgehead atoms. The van der Waals surface area contributed by atoms with E-state index in [-0.39, 0.29) is 35.3 Å². The van der Waals surface area contributed by atoms with E-state index in [9.17, 15) is 18.0 Å². The Morgan fingerprint density at radius 3 is 2.36 bits per heavy atom. The van der Waals surface area contributed by atoms with E-state index in [1.54, 1.807) is 0 Å². The molecular weight excluding hydrogens is 369 g/mol. The number of rotatable bonds is 4. The molecule has 0 aromatic heterocycles. The molecule has 28 heavy (non-hydrogen) atoms. The minimum absolute atomic E-state index is 0.0962. The zero-order valence-electron chi connectivity index (χ0n) is 14.4. The fraction of sp³-hybridized carbons (Fsp3) is 0.0455. The third-order valence-electron chi connectivity index (χ3n) is 4.25. The summed E-state index contributed by atoms with van der Waals surface area (Å²) in [5, 5.41) is 0. The van der Waals surface area contributed by atoms with Crippen molar-refractivity contribution in [3.05, 3.63) is 101 Å². The number of Topliss-reactive ketones (excluding diaryl/α,β-unsaturated/α-hetero) is 1. The summed E-state index contributed by atoms with van der Waals surface area (Å²) in [6.45, 7) is -0.302. The molecule has 1 heterocycles. The molecule has 0 radical (unpaired) electrons. The lowest BCUT2D eigenvalue weighted by atomic mass is 10.1. The van der Waals surface area contributed by atoms with E-state index >= 15 is 0 Å². The normalized spacial score (nSPS) is 14.1. The maximum atomic E-state index is 13.7. The number of carbonyl (C=O) groups is 1. The Kier molecular flexibility index (Phi) is 4.61. The van der Waals surface area contributed by atoms with Crippen LogP contribution in [0, 0.1) is 17.5 Å². The molecule has 3 aromatic rings. The topological polar surface area (TPSA) is 35.5 Å². The monoisotopic (exact) mass is 382 g/mol. The van der Waals surface area contributed by atoms with Crippen LogP contribution in [0.25, 0.3) is 6.08 Å². The van der Waals surface area contributed by atoms with Gasteiger partial charge in [0.2, 0.25) is 5.78 Å². The van der Waals surface area contributed by atoms with Crippen molar-refractivity contribution < 1.29 is 27.4 Å². The molecule has 1 aliphatic rings. The zero-order chi connectivity index (χ0) is 19.7. The molecule has 6 heteroatoms. The summed E-state index contributed by atoms with van der Waals surface area (Å²) in [5.41, 5.74) is 0.777. The van der Waals surface area contributed by atoms with E-state index in [2.05, 4.69) is 0 Å². The molecule has 0 saturated carbocycles. The molecule has 0 aliphatic carbocycles. The molecule has 0 unspecified atom stereocenters. The van der Waals surface area contributed by atoms with Gasteiger partial charge in [-0.1, -0.05) is 18.2 Å². The van der Waals surface area contributed by atoms with E-state index in [4.69, 9.17) is 9.47 Å². The minimum atomic E-state index is -0.697. The lowest BCUT2D eigenvalue weighted by Crippen LogP contribution is -2.01. The maximum absolute atomic E-state index is 13.7. The Morgan fingerprint density at radius 2 is 1.64 bits per heavy atom. The van der Waals surface area contributed by atoms with Gasteiger partial charge in [-0.2, -0.15) is 0 Å². The van der Waals surface area contributed by atoms with Gasteiger partial charge in [-0.3, -0.25) is 4.79 Å². The van der Waals surface area contributed by atoms with Gasteiger partial charge in [0.05, 0.1) is 11.1 Å². The molecule has 3 aromatic carbocycles. The van der Waals surface area contributed by atoms with E-state index in [1.165, 1.54) is 54.6 Å². The van der Waals surface area contributed by atoms with Crippen LogP contribution in [0.4, 0.5) is 13.2 Å². The van der Waals surface area contributed by atoms with Gasteiger partial charge in [-0.25, -0.2) is 13.2 Å². The predicted molar refractivity (Wildman–Crippen MR) is 96.5 cm³/mol. The van der Waals surface area contributed by atoms with Crippen LogP contribution in [-0.2, 0) is 6.61 Å². The van der Waals surface area contributed by atoms with E-state index < -0.39 is 11.6 Å². The smallest absolute Gasteiger partial charge is 0.231 e. The molecule has 3 nitrogen and oxygen atoms in total. The number of benzene rings is 3. The van der Waals surface area contributed by atoms with E-state index in [1.807, 2.05) is 0 Å². The van der Waals surface area contributed by atoms with E-state index in [0.29, 0.717) is 16.9 Å². The summed E-state index contributed by atoms with van der Waals surface area (Å²) >= 11 is 0. The fourth-order valence-corrected chi connectivity index (χ4v) is 2.79. The quantitative estimate of drug-likeness (QED) is 0.575. The molecular formula is C22H13F3O3. The fourth-order valence-electron chi connectivity index (χ4n) is 2.79. The highest BCUT2D eigenvalue weighted by atomic mass is 19.1. The van der Waals surface area contributed by atoms with Crippen molar-refractivity contribution in [2.24, 2.45) is 0 Å². The Bertz CT molecular complexity index is 1070. The highest BCUT2D eigenvalue weighted by molar-refractivity contribution is 6.14. The largest absolute Gasteiger partial charge is 0.489 e. The number of ether oxygens (including phenoxy) is 2. The number of ketones is 1. The third-order valence-corrected chi connectivity index (χ3v) is 4.25. The molecule has 4 rings (SSSR count). The summed E-state index contributed by atoms with van der Waals surface area (Å²) in [7, 11) is 0. The molecule has 0 fully saturated rings. The second-order valence-corrected chi connectivity index (χ2v) is 6.14. The van der Waals surface area contributed by atoms with Gasteiger partial charge in [0.15, 0.2) is 5.76 Å². The second-order valence-electron chi connectivity index (χ2n) is 6.14. The average molecular weight is 382 g/mol. The van der Waals surface area contributed by atoms with Gasteiger partial charge in [0.25, 0.3) is 0 Å². The van der Waals surface area contributed by atoms with Crippen molar-refractivity contribution in [1.29, 1.82) is 0 Å². The Balaban J connectivity index is 1.53. The van der Waals surface area contributed by atoms with Crippen molar-refractivity contribution in [2.45, 2.75) is 6.61 Å². The van der Waals surface area contributed by atoms with Crippen molar-refractivity contribution >= 4 is 11.9 Å². The van der Waals surface area contributed by atoms with Crippen molar-refractivity contribution in [1.82, 2.24) is 0 Å². The van der Waals surface area contributed by atoms with Gasteiger partial charge in [0.1, 0.15) is 35.6 Å². The van der Waals surface area contributed by atoms with Crippen LogP contribution in [0.1, 0.15) is 21.5 Å². The van der Waals surface area contributed by atoms with Gasteiger partial charge < -0.3 is 9.47 Å². The highest BCUT2D eigenvalue weighted by Crippen LogP contribution is 2.35. The molecule has 140 valence electrons. The SMILES string of the molecule is O=C1/C(=C/c2ccc(F)cc2)Oc2cc(OCc3c(F)cccc3F)ccc21. The first kappa shape index (κ1) is 17.9. The number of carbonyl (C=O) groups excluding carboxylic acids is 1. The zero-order valence-corrected chi connectivity index (χ0v) is 14.4. The molecule has 0 spiro atoms. The van der Waals surface area contributed by atoms with Crippen LogP contribution >= 0.6 is 0 Å². The van der Waals surface area contributed by atoms with Gasteiger partial charge in [0, 0.05) is 6.07 Å². The number of hydrogen-bond donors (Lipinski definition) is 0. The van der Waals surface area contributed by atoms with Crippen LogP contribution < -0.4 is 9.47 Å². The van der Waals surface area contributed by atoms with Gasteiger partial charge in [-0.15, -0.1) is 0 Å². The second kappa shape index (κ2) is 7.23. The lowest BCUT2D eigenvalue weighted by Gasteiger charge is -2.09. The summed E-state index contributed by atoms with van der Waals surface area (Å²) in [4.78, 5) is 12.4. The lowest BCUT2D eigenvalue weighted by molar-refractivity contribution is 0.101. The Morgan fingerprint density at radius 1 is 0.929 bits per heavy atom. The van der Waals surface area contributed by atoms with Crippen LogP contribution in [0.15, 0.2) is 66.4 Å². The highest BCUT2D eigenvalue weighted by Gasteiger charge is 2.27. The first-order valence-electron chi connectivity index (χ1n) is 8.41. The number of halogens is 3. The Labute approximate surface area is 158 Å². The average Bonchev–Trinajstić information content (AvgIpc) is 2.98. The van der Waals surface area contributed by atoms with E-state index in [0.717, 1.165) is 12.1 Å². The standard InChI is InChI=1S/C22H13F3O3/c23-14-6-4-13(5-7-14)10-21-22(26)16-9-8-15(11-20(16)28-21)27-12-17-18(24)2-1-3-19(17)25/h1-11H,12H2/b21-10-. The van der Waals surface area contributed by atoms with Crippen LogP contribution in [0.2, 0.25) is 0 Å². The minimum Gasteiger partial charge on any atom is -0.489 e. The number of fused-ring (bicyclic) bond motifs is 1. The molecule has 1 aliphatic heterocycles. The molecule has 0 saturated heterocycles. The van der Waals surface area contributed by atoms with Crippen LogP contribution in [0.5, 0.6) is 11.5 Å². The first-order chi connectivity index (χ1) is 13.5. The van der Waals surface area contributed by atoms with Gasteiger partial charge >= 0.3 is 0 Å². The summed E-state index contributed by atoms with van der Waals surface area (Å²) in [6, 6.07) is 13.7. The first-order valence-corrected chi connectivity index (χ1v) is 8.41. The molecule has 0 atom stereocenters. The Hall–Kier alpha value is -3.54. The summed E-state index contributed by atoms with van der Waals surface area (Å²) in [5.74, 6) is -1.40.